The standard InChI is InChI=1S/C15H13NO6S/c1-22-12-8-4-2-6-10(12)14(17)16-23(20,21)13-9-5-3-7-11(13)15(18)19/h2-9H,1H3,(H,16,17)(H,18,19). The average molecular weight is 335 g/mol. The maximum absolute atomic E-state index is 12.3. The molecule has 0 aliphatic carbocycles. The molecule has 0 aliphatic rings. The molecule has 2 aromatic rings. The summed E-state index contributed by atoms with van der Waals surface area (Å²) in [5.41, 5.74) is -0.404. The van der Waals surface area contributed by atoms with Gasteiger partial charge in [0.2, 0.25) is 0 Å². The molecular formula is C15H13NO6S. The van der Waals surface area contributed by atoms with E-state index in [0.29, 0.717) is 0 Å². The summed E-state index contributed by atoms with van der Waals surface area (Å²) < 4.78 is 31.5. The lowest BCUT2D eigenvalue weighted by molar-refractivity contribution is 0.0692. The molecule has 0 heterocycles. The number of carbonyl (C=O) groups excluding carboxylic acids is 1. The highest BCUT2D eigenvalue weighted by Gasteiger charge is 2.25. The van der Waals surface area contributed by atoms with Crippen molar-refractivity contribution in [2.24, 2.45) is 0 Å². The van der Waals surface area contributed by atoms with Gasteiger partial charge < -0.3 is 9.84 Å². The van der Waals surface area contributed by atoms with E-state index in [0.717, 1.165) is 12.1 Å². The van der Waals surface area contributed by atoms with Crippen molar-refractivity contribution in [2.75, 3.05) is 7.11 Å². The SMILES string of the molecule is COc1ccccc1C(=O)NS(=O)(=O)c1ccccc1C(=O)O. The second-order valence-electron chi connectivity index (χ2n) is 4.44. The number of rotatable bonds is 5. The predicted molar refractivity (Wildman–Crippen MR) is 81.0 cm³/mol. The van der Waals surface area contributed by atoms with Crippen molar-refractivity contribution < 1.29 is 27.9 Å². The Kier molecular flexibility index (Phi) is 4.65. The molecule has 0 aromatic heterocycles. The lowest BCUT2D eigenvalue weighted by Crippen LogP contribution is -2.31. The van der Waals surface area contributed by atoms with Gasteiger partial charge in [-0.2, -0.15) is 0 Å². The average Bonchev–Trinajstić information content (AvgIpc) is 2.54. The Hall–Kier alpha value is -2.87. The maximum Gasteiger partial charge on any atom is 0.337 e. The van der Waals surface area contributed by atoms with Gasteiger partial charge >= 0.3 is 5.97 Å². The van der Waals surface area contributed by atoms with Gasteiger partial charge in [0, 0.05) is 0 Å². The molecule has 2 aromatic carbocycles. The summed E-state index contributed by atoms with van der Waals surface area (Å²) in [6, 6.07) is 11.1. The number of hydrogen-bond acceptors (Lipinski definition) is 5. The van der Waals surface area contributed by atoms with Crippen molar-refractivity contribution >= 4 is 21.9 Å². The molecule has 0 atom stereocenters. The van der Waals surface area contributed by atoms with Crippen LogP contribution in [0, 0.1) is 0 Å². The van der Waals surface area contributed by atoms with E-state index in [1.54, 1.807) is 12.1 Å². The third-order valence-corrected chi connectivity index (χ3v) is 4.37. The highest BCUT2D eigenvalue weighted by Crippen LogP contribution is 2.19. The zero-order valence-electron chi connectivity index (χ0n) is 12.0. The molecule has 2 N–H and O–H groups in total. The van der Waals surface area contributed by atoms with Crippen molar-refractivity contribution in [3.05, 3.63) is 59.7 Å². The second kappa shape index (κ2) is 6.49. The Morgan fingerprint density at radius 2 is 1.57 bits per heavy atom. The van der Waals surface area contributed by atoms with E-state index >= 15 is 0 Å². The first-order valence-corrected chi connectivity index (χ1v) is 7.87. The fourth-order valence-electron chi connectivity index (χ4n) is 1.94. The van der Waals surface area contributed by atoms with Crippen LogP contribution in [0.1, 0.15) is 20.7 Å². The number of nitrogens with one attached hydrogen (secondary N) is 1. The van der Waals surface area contributed by atoms with Gasteiger partial charge in [-0.3, -0.25) is 4.79 Å². The summed E-state index contributed by atoms with van der Waals surface area (Å²) in [6.07, 6.45) is 0. The number of amides is 1. The van der Waals surface area contributed by atoms with E-state index in [4.69, 9.17) is 9.84 Å². The van der Waals surface area contributed by atoms with Crippen molar-refractivity contribution in [1.82, 2.24) is 4.72 Å². The number of aromatic carboxylic acids is 1. The number of carboxylic acids is 1. The van der Waals surface area contributed by atoms with Gasteiger partial charge in [0.15, 0.2) is 0 Å². The fraction of sp³-hybridized carbons (Fsp3) is 0.0667. The summed E-state index contributed by atoms with van der Waals surface area (Å²) in [5.74, 6) is -2.12. The van der Waals surface area contributed by atoms with Crippen molar-refractivity contribution in [3.8, 4) is 5.75 Å². The molecule has 0 saturated carbocycles. The lowest BCUT2D eigenvalue weighted by Gasteiger charge is -2.11. The second-order valence-corrected chi connectivity index (χ2v) is 6.09. The van der Waals surface area contributed by atoms with Crippen LogP contribution in [0.2, 0.25) is 0 Å². The van der Waals surface area contributed by atoms with Crippen LogP contribution in [-0.4, -0.2) is 32.5 Å². The fourth-order valence-corrected chi connectivity index (χ4v) is 3.11. The van der Waals surface area contributed by atoms with Gasteiger partial charge in [0.05, 0.1) is 18.2 Å². The van der Waals surface area contributed by atoms with Crippen LogP contribution < -0.4 is 9.46 Å². The Morgan fingerprint density at radius 1 is 1.00 bits per heavy atom. The first-order chi connectivity index (χ1) is 10.9. The number of methoxy groups -OCH3 is 1. The van der Waals surface area contributed by atoms with E-state index in [2.05, 4.69) is 0 Å². The predicted octanol–water partition coefficient (Wildman–Crippen LogP) is 1.51. The summed E-state index contributed by atoms with van der Waals surface area (Å²) in [4.78, 5) is 22.8. The minimum atomic E-state index is -4.34. The van der Waals surface area contributed by atoms with Gasteiger partial charge in [0.1, 0.15) is 10.6 Å². The van der Waals surface area contributed by atoms with Gasteiger partial charge in [-0.05, 0) is 24.3 Å². The largest absolute Gasteiger partial charge is 0.496 e. The Balaban J connectivity index is 2.39. The minimum absolute atomic E-state index is 0.0198. The van der Waals surface area contributed by atoms with E-state index < -0.39 is 32.4 Å². The molecule has 0 radical (unpaired) electrons. The normalized spacial score (nSPS) is 10.8. The Labute approximate surface area is 132 Å². The van der Waals surface area contributed by atoms with Crippen LogP contribution in [0.25, 0.3) is 0 Å². The van der Waals surface area contributed by atoms with E-state index in [-0.39, 0.29) is 11.3 Å². The molecule has 1 amide bonds. The number of carboxylic acid groups (broad SMARTS) is 1. The molecule has 0 bridgehead atoms. The molecular weight excluding hydrogens is 322 g/mol. The van der Waals surface area contributed by atoms with E-state index in [1.165, 1.54) is 31.4 Å². The third kappa shape index (κ3) is 3.49. The van der Waals surface area contributed by atoms with Crippen molar-refractivity contribution in [2.45, 2.75) is 4.90 Å². The van der Waals surface area contributed by atoms with Crippen molar-refractivity contribution in [3.63, 3.8) is 0 Å². The summed E-state index contributed by atoms with van der Waals surface area (Å²) in [5, 5.41) is 9.07. The number of sulfonamides is 1. The quantitative estimate of drug-likeness (QED) is 0.857. The molecule has 7 nitrogen and oxygen atoms in total. The van der Waals surface area contributed by atoms with Gasteiger partial charge in [-0.25, -0.2) is 17.9 Å². The third-order valence-electron chi connectivity index (χ3n) is 2.99. The number of benzene rings is 2. The molecule has 2 rings (SSSR count). The number of hydrogen-bond donors (Lipinski definition) is 2. The Bertz CT molecular complexity index is 860. The molecule has 0 saturated heterocycles. The summed E-state index contributed by atoms with van der Waals surface area (Å²) >= 11 is 0. The van der Waals surface area contributed by atoms with Crippen LogP contribution in [-0.2, 0) is 10.0 Å². The van der Waals surface area contributed by atoms with Crippen LogP contribution >= 0.6 is 0 Å². The molecule has 0 unspecified atom stereocenters. The molecule has 8 heteroatoms. The zero-order chi connectivity index (χ0) is 17.0. The molecule has 120 valence electrons. The first-order valence-electron chi connectivity index (χ1n) is 6.39. The summed E-state index contributed by atoms with van der Waals surface area (Å²) in [7, 11) is -3.00. The van der Waals surface area contributed by atoms with Crippen LogP contribution in [0.15, 0.2) is 53.4 Å². The molecule has 23 heavy (non-hydrogen) atoms. The van der Waals surface area contributed by atoms with E-state index in [9.17, 15) is 18.0 Å². The minimum Gasteiger partial charge on any atom is -0.496 e. The topological polar surface area (TPSA) is 110 Å². The van der Waals surface area contributed by atoms with Crippen LogP contribution in [0.4, 0.5) is 0 Å². The molecule has 0 spiro atoms. The smallest absolute Gasteiger partial charge is 0.337 e. The number of carbonyl (C=O) groups is 2. The van der Waals surface area contributed by atoms with E-state index in [1.807, 2.05) is 4.72 Å². The summed E-state index contributed by atoms with van der Waals surface area (Å²) in [6.45, 7) is 0. The molecule has 0 fully saturated rings. The monoisotopic (exact) mass is 335 g/mol. The highest BCUT2D eigenvalue weighted by atomic mass is 32.2. The van der Waals surface area contributed by atoms with Crippen LogP contribution in [0.3, 0.4) is 0 Å². The number of ether oxygens (including phenoxy) is 1. The maximum atomic E-state index is 12.3. The van der Waals surface area contributed by atoms with Crippen LogP contribution in [0.5, 0.6) is 5.75 Å². The molecule has 0 aliphatic heterocycles. The zero-order valence-corrected chi connectivity index (χ0v) is 12.8. The lowest BCUT2D eigenvalue weighted by atomic mass is 10.2. The van der Waals surface area contributed by atoms with Gasteiger partial charge in [-0.1, -0.05) is 24.3 Å². The number of para-hydroxylation sites is 1. The first kappa shape index (κ1) is 16.5. The van der Waals surface area contributed by atoms with Crippen molar-refractivity contribution in [1.29, 1.82) is 0 Å². The highest BCUT2D eigenvalue weighted by molar-refractivity contribution is 7.90. The van der Waals surface area contributed by atoms with Gasteiger partial charge in [-0.15, -0.1) is 0 Å². The van der Waals surface area contributed by atoms with Gasteiger partial charge in [0.25, 0.3) is 15.9 Å². The Morgan fingerprint density at radius 3 is 2.17 bits per heavy atom.